The van der Waals surface area contributed by atoms with E-state index in [1.807, 2.05) is 12.1 Å². The van der Waals surface area contributed by atoms with E-state index in [0.717, 1.165) is 22.8 Å². The third-order valence-electron chi connectivity index (χ3n) is 3.56. The van der Waals surface area contributed by atoms with Gasteiger partial charge in [0.25, 0.3) is 5.91 Å². The van der Waals surface area contributed by atoms with Gasteiger partial charge in [0.05, 0.1) is 16.5 Å². The number of nitrogens with one attached hydrogen (secondary N) is 1. The van der Waals surface area contributed by atoms with Gasteiger partial charge in [-0.3, -0.25) is 4.79 Å². The number of benzene rings is 1. The minimum absolute atomic E-state index is 0.0317. The van der Waals surface area contributed by atoms with Crippen LogP contribution in [0.4, 0.5) is 10.7 Å². The van der Waals surface area contributed by atoms with Crippen LogP contribution in [0.25, 0.3) is 0 Å². The second kappa shape index (κ2) is 6.28. The summed E-state index contributed by atoms with van der Waals surface area (Å²) in [4.78, 5) is 15.0. The molecular formula is C16H18N2O2S. The lowest BCUT2D eigenvalue weighted by molar-refractivity contribution is 0.0941. The van der Waals surface area contributed by atoms with E-state index in [0.29, 0.717) is 13.2 Å². The number of fused-ring (bicyclic) bond motifs is 1. The van der Waals surface area contributed by atoms with Gasteiger partial charge in [-0.05, 0) is 30.2 Å². The Kier molecular flexibility index (Phi) is 4.22. The van der Waals surface area contributed by atoms with Crippen molar-refractivity contribution in [1.82, 2.24) is 5.32 Å². The summed E-state index contributed by atoms with van der Waals surface area (Å²) in [5, 5.41) is 3.97. The Bertz CT molecular complexity index is 639. The highest BCUT2D eigenvalue weighted by Gasteiger charge is 2.21. The van der Waals surface area contributed by atoms with Gasteiger partial charge in [-0.15, -0.1) is 11.3 Å². The van der Waals surface area contributed by atoms with Crippen molar-refractivity contribution in [3.63, 3.8) is 0 Å². The number of carbonyl (C=O) groups is 1. The number of para-hydroxylation sites is 1. The summed E-state index contributed by atoms with van der Waals surface area (Å²) in [6, 6.07) is 12.4. The minimum atomic E-state index is -0.0317. The van der Waals surface area contributed by atoms with Crippen molar-refractivity contribution in [1.29, 1.82) is 0 Å². The van der Waals surface area contributed by atoms with Crippen molar-refractivity contribution in [2.24, 2.45) is 0 Å². The van der Waals surface area contributed by atoms with E-state index in [4.69, 9.17) is 4.74 Å². The zero-order chi connectivity index (χ0) is 14.7. The molecule has 0 saturated carbocycles. The van der Waals surface area contributed by atoms with Gasteiger partial charge in [-0.25, -0.2) is 0 Å². The topological polar surface area (TPSA) is 41.6 Å². The number of anilines is 2. The number of thiophene rings is 1. The number of hydrogen-bond donors (Lipinski definition) is 1. The molecule has 21 heavy (non-hydrogen) atoms. The molecule has 2 aromatic rings. The van der Waals surface area contributed by atoms with Crippen LogP contribution in [0.3, 0.4) is 0 Å². The van der Waals surface area contributed by atoms with Crippen molar-refractivity contribution in [2.75, 3.05) is 31.7 Å². The number of ether oxygens (including phenoxy) is 1. The van der Waals surface area contributed by atoms with Crippen molar-refractivity contribution in [3.05, 3.63) is 46.8 Å². The molecule has 1 aromatic carbocycles. The maximum absolute atomic E-state index is 12.0. The smallest absolute Gasteiger partial charge is 0.261 e. The SMILES string of the molecule is COCCNC(=O)c1ccc(N2CCc3ccccc32)s1. The first kappa shape index (κ1) is 14.1. The van der Waals surface area contributed by atoms with E-state index in [-0.39, 0.29) is 5.91 Å². The average molecular weight is 302 g/mol. The first-order valence-corrected chi connectivity index (χ1v) is 7.83. The molecule has 0 radical (unpaired) electrons. The van der Waals surface area contributed by atoms with E-state index in [9.17, 15) is 4.79 Å². The molecule has 1 amide bonds. The van der Waals surface area contributed by atoms with Gasteiger partial charge in [0.1, 0.15) is 0 Å². The van der Waals surface area contributed by atoms with Crippen LogP contribution in [-0.2, 0) is 11.2 Å². The molecule has 0 aliphatic carbocycles. The number of amides is 1. The summed E-state index contributed by atoms with van der Waals surface area (Å²) in [7, 11) is 1.63. The standard InChI is InChI=1S/C16H18N2O2S/c1-20-11-9-17-16(19)14-6-7-15(21-14)18-10-8-12-4-2-3-5-13(12)18/h2-7H,8-11H2,1H3,(H,17,19). The fourth-order valence-corrected chi connectivity index (χ4v) is 3.48. The van der Waals surface area contributed by atoms with Crippen LogP contribution in [0.1, 0.15) is 15.2 Å². The van der Waals surface area contributed by atoms with Crippen LogP contribution in [-0.4, -0.2) is 32.7 Å². The highest BCUT2D eigenvalue weighted by Crippen LogP contribution is 2.37. The van der Waals surface area contributed by atoms with Gasteiger partial charge in [0, 0.05) is 25.9 Å². The predicted molar refractivity (Wildman–Crippen MR) is 85.7 cm³/mol. The highest BCUT2D eigenvalue weighted by molar-refractivity contribution is 7.18. The lowest BCUT2D eigenvalue weighted by atomic mass is 10.2. The molecule has 0 saturated heterocycles. The molecule has 2 heterocycles. The van der Waals surface area contributed by atoms with Crippen LogP contribution in [0.2, 0.25) is 0 Å². The van der Waals surface area contributed by atoms with E-state index in [2.05, 4.69) is 34.5 Å². The number of methoxy groups -OCH3 is 1. The lowest BCUT2D eigenvalue weighted by Gasteiger charge is -2.16. The quantitative estimate of drug-likeness (QED) is 0.864. The van der Waals surface area contributed by atoms with Crippen molar-refractivity contribution in [3.8, 4) is 0 Å². The summed E-state index contributed by atoms with van der Waals surface area (Å²) in [5.74, 6) is -0.0317. The maximum atomic E-state index is 12.0. The Morgan fingerprint density at radius 2 is 2.19 bits per heavy atom. The summed E-state index contributed by atoms with van der Waals surface area (Å²) in [5.41, 5.74) is 2.63. The van der Waals surface area contributed by atoms with Gasteiger partial charge < -0.3 is 15.0 Å². The first-order valence-electron chi connectivity index (χ1n) is 7.02. The van der Waals surface area contributed by atoms with Crippen LogP contribution in [0, 0.1) is 0 Å². The molecule has 0 fully saturated rings. The Labute approximate surface area is 128 Å². The highest BCUT2D eigenvalue weighted by atomic mass is 32.1. The lowest BCUT2D eigenvalue weighted by Crippen LogP contribution is -2.26. The summed E-state index contributed by atoms with van der Waals surface area (Å²) >= 11 is 1.53. The molecule has 1 aliphatic rings. The molecule has 0 atom stereocenters. The average Bonchev–Trinajstić information content (AvgIpc) is 3.13. The molecule has 0 bridgehead atoms. The summed E-state index contributed by atoms with van der Waals surface area (Å²) < 4.78 is 4.93. The van der Waals surface area contributed by atoms with Crippen LogP contribution in [0.15, 0.2) is 36.4 Å². The molecule has 1 aromatic heterocycles. The van der Waals surface area contributed by atoms with E-state index >= 15 is 0 Å². The Balaban J connectivity index is 1.73. The number of carbonyl (C=O) groups excluding carboxylic acids is 1. The van der Waals surface area contributed by atoms with Crippen LogP contribution >= 0.6 is 11.3 Å². The molecule has 1 aliphatic heterocycles. The first-order chi connectivity index (χ1) is 10.3. The Morgan fingerprint density at radius 1 is 1.33 bits per heavy atom. The van der Waals surface area contributed by atoms with Gasteiger partial charge in [-0.2, -0.15) is 0 Å². The molecule has 110 valence electrons. The third kappa shape index (κ3) is 2.94. The molecule has 0 unspecified atom stereocenters. The summed E-state index contributed by atoms with van der Waals surface area (Å²) in [6.45, 7) is 2.04. The van der Waals surface area contributed by atoms with Crippen LogP contribution in [0.5, 0.6) is 0 Å². The summed E-state index contributed by atoms with van der Waals surface area (Å²) in [6.07, 6.45) is 1.06. The van der Waals surface area contributed by atoms with Crippen LogP contribution < -0.4 is 10.2 Å². The molecular weight excluding hydrogens is 284 g/mol. The zero-order valence-corrected chi connectivity index (χ0v) is 12.8. The zero-order valence-electron chi connectivity index (χ0n) is 12.0. The largest absolute Gasteiger partial charge is 0.383 e. The Morgan fingerprint density at radius 3 is 3.05 bits per heavy atom. The van der Waals surface area contributed by atoms with E-state index in [1.54, 1.807) is 7.11 Å². The van der Waals surface area contributed by atoms with E-state index in [1.165, 1.54) is 22.6 Å². The molecule has 5 heteroatoms. The molecule has 3 rings (SSSR count). The van der Waals surface area contributed by atoms with Crippen molar-refractivity contribution in [2.45, 2.75) is 6.42 Å². The van der Waals surface area contributed by atoms with Gasteiger partial charge >= 0.3 is 0 Å². The van der Waals surface area contributed by atoms with Crippen molar-refractivity contribution < 1.29 is 9.53 Å². The minimum Gasteiger partial charge on any atom is -0.383 e. The monoisotopic (exact) mass is 302 g/mol. The second-order valence-electron chi connectivity index (χ2n) is 4.92. The van der Waals surface area contributed by atoms with Gasteiger partial charge in [0.15, 0.2) is 0 Å². The van der Waals surface area contributed by atoms with E-state index < -0.39 is 0 Å². The number of hydrogen-bond acceptors (Lipinski definition) is 4. The molecule has 1 N–H and O–H groups in total. The van der Waals surface area contributed by atoms with Crippen molar-refractivity contribution >= 4 is 27.9 Å². The maximum Gasteiger partial charge on any atom is 0.261 e. The normalized spacial score (nSPS) is 13.3. The van der Waals surface area contributed by atoms with Gasteiger partial charge in [-0.1, -0.05) is 18.2 Å². The number of nitrogens with zero attached hydrogens (tertiary/aromatic N) is 1. The number of rotatable bonds is 5. The van der Waals surface area contributed by atoms with Gasteiger partial charge in [0.2, 0.25) is 0 Å². The second-order valence-corrected chi connectivity index (χ2v) is 5.98. The Hall–Kier alpha value is -1.85. The molecule has 4 nitrogen and oxygen atoms in total. The fraction of sp³-hybridized carbons (Fsp3) is 0.312. The third-order valence-corrected chi connectivity index (χ3v) is 4.67. The molecule has 0 spiro atoms. The fourth-order valence-electron chi connectivity index (χ4n) is 2.52. The predicted octanol–water partition coefficient (Wildman–Crippen LogP) is 2.82.